The first-order chi connectivity index (χ1) is 15.3. The molecule has 3 aromatic rings. The molecule has 162 valence electrons. The molecule has 2 aromatic carbocycles. The number of aromatic nitrogens is 2. The number of likely N-dealkylation sites (N-methyl/N-ethyl adjacent to an activating group) is 1. The van der Waals surface area contributed by atoms with E-state index >= 15 is 0 Å². The number of fused-ring (bicyclic) bond motifs is 2. The maximum atomic E-state index is 13.0. The molecule has 4 rings (SSSR count). The Hall–Kier alpha value is -4.34. The van der Waals surface area contributed by atoms with Crippen LogP contribution >= 0.6 is 0 Å². The summed E-state index contributed by atoms with van der Waals surface area (Å²) in [6.07, 6.45) is 1.09. The fraction of sp³-hybridized carbons (Fsp3) is 0.182. The molecule has 0 saturated heterocycles. The molecule has 0 unspecified atom stereocenters. The van der Waals surface area contributed by atoms with Gasteiger partial charge in [-0.05, 0) is 24.3 Å². The minimum absolute atomic E-state index is 0.0988. The lowest BCUT2D eigenvalue weighted by Crippen LogP contribution is -2.38. The number of hydrogen-bond donors (Lipinski definition) is 2. The summed E-state index contributed by atoms with van der Waals surface area (Å²) in [5, 5.41) is 20.2. The van der Waals surface area contributed by atoms with Gasteiger partial charge in [0.1, 0.15) is 6.54 Å². The molecule has 1 aliphatic heterocycles. The van der Waals surface area contributed by atoms with E-state index in [1.165, 1.54) is 22.1 Å². The highest BCUT2D eigenvalue weighted by Crippen LogP contribution is 2.28. The molecule has 0 radical (unpaired) electrons. The lowest BCUT2D eigenvalue weighted by molar-refractivity contribution is -0.137. The van der Waals surface area contributed by atoms with Crippen LogP contribution in [0, 0.1) is 0 Å². The number of carboxylic acid groups (broad SMARTS) is 1. The summed E-state index contributed by atoms with van der Waals surface area (Å²) in [6, 6.07) is 11.8. The molecule has 2 heterocycles. The average molecular weight is 433 g/mol. The van der Waals surface area contributed by atoms with E-state index in [4.69, 9.17) is 5.11 Å². The van der Waals surface area contributed by atoms with Gasteiger partial charge in [-0.2, -0.15) is 10.2 Å². The number of nitrogens with one attached hydrogen (secondary N) is 1. The van der Waals surface area contributed by atoms with Crippen LogP contribution in [-0.4, -0.2) is 64.0 Å². The maximum absolute atomic E-state index is 13.0. The molecule has 2 N–H and O–H groups in total. The minimum atomic E-state index is -1.07. The Kier molecular flexibility index (Phi) is 5.50. The van der Waals surface area contributed by atoms with Gasteiger partial charge in [-0.1, -0.05) is 18.2 Å². The molecule has 0 aliphatic carbocycles. The fourth-order valence-electron chi connectivity index (χ4n) is 3.52. The molecule has 0 atom stereocenters. The summed E-state index contributed by atoms with van der Waals surface area (Å²) >= 11 is 0. The van der Waals surface area contributed by atoms with Crippen LogP contribution in [-0.2, 0) is 9.59 Å². The van der Waals surface area contributed by atoms with Gasteiger partial charge in [0.2, 0.25) is 5.91 Å². The third kappa shape index (κ3) is 3.97. The van der Waals surface area contributed by atoms with Crippen molar-refractivity contribution >= 4 is 46.0 Å². The van der Waals surface area contributed by atoms with Crippen molar-refractivity contribution in [2.75, 3.05) is 30.4 Å². The van der Waals surface area contributed by atoms with Crippen molar-refractivity contribution in [2.45, 2.75) is 6.42 Å². The molecule has 3 amide bonds. The van der Waals surface area contributed by atoms with E-state index in [2.05, 4.69) is 15.5 Å². The van der Waals surface area contributed by atoms with Crippen LogP contribution in [0.3, 0.4) is 0 Å². The summed E-state index contributed by atoms with van der Waals surface area (Å²) in [4.78, 5) is 51.9. The Bertz CT molecular complexity index is 1250. The highest BCUT2D eigenvalue weighted by Gasteiger charge is 2.30. The van der Waals surface area contributed by atoms with Crippen molar-refractivity contribution in [2.24, 2.45) is 0 Å². The van der Waals surface area contributed by atoms with Gasteiger partial charge >= 0.3 is 5.97 Å². The van der Waals surface area contributed by atoms with Gasteiger partial charge < -0.3 is 20.2 Å². The number of aliphatic carboxylic acids is 1. The van der Waals surface area contributed by atoms with Crippen LogP contribution in [0.15, 0.2) is 48.7 Å². The molecule has 32 heavy (non-hydrogen) atoms. The van der Waals surface area contributed by atoms with Crippen molar-refractivity contribution in [3.63, 3.8) is 0 Å². The molecule has 1 aliphatic rings. The summed E-state index contributed by atoms with van der Waals surface area (Å²) in [7, 11) is 1.54. The summed E-state index contributed by atoms with van der Waals surface area (Å²) in [5.74, 6) is -2.31. The van der Waals surface area contributed by atoms with Crippen LogP contribution < -0.4 is 10.2 Å². The first kappa shape index (κ1) is 20.9. The molecule has 0 saturated carbocycles. The predicted molar refractivity (Wildman–Crippen MR) is 115 cm³/mol. The van der Waals surface area contributed by atoms with Gasteiger partial charge in [0, 0.05) is 24.7 Å². The fourth-order valence-corrected chi connectivity index (χ4v) is 3.52. The number of rotatable bonds is 5. The number of anilines is 2. The van der Waals surface area contributed by atoms with Gasteiger partial charge in [-0.25, -0.2) is 0 Å². The van der Waals surface area contributed by atoms with Crippen molar-refractivity contribution in [3.8, 4) is 0 Å². The zero-order valence-electron chi connectivity index (χ0n) is 17.1. The highest BCUT2D eigenvalue weighted by molar-refractivity contribution is 6.13. The van der Waals surface area contributed by atoms with Gasteiger partial charge in [-0.3, -0.25) is 19.2 Å². The number of carbonyl (C=O) groups is 4. The minimum Gasteiger partial charge on any atom is -0.481 e. The van der Waals surface area contributed by atoms with Crippen LogP contribution in [0.4, 0.5) is 11.4 Å². The summed E-state index contributed by atoms with van der Waals surface area (Å²) in [5.41, 5.74) is 1.83. The molecule has 10 heteroatoms. The van der Waals surface area contributed by atoms with Crippen LogP contribution in [0.1, 0.15) is 27.1 Å². The molecular weight excluding hydrogens is 414 g/mol. The number of benzene rings is 2. The predicted octanol–water partition coefficient (Wildman–Crippen LogP) is 1.78. The zero-order chi connectivity index (χ0) is 22.8. The number of amides is 3. The van der Waals surface area contributed by atoms with E-state index in [-0.39, 0.29) is 31.0 Å². The van der Waals surface area contributed by atoms with E-state index in [1.807, 2.05) is 0 Å². The van der Waals surface area contributed by atoms with Crippen molar-refractivity contribution < 1.29 is 24.3 Å². The SMILES string of the molecule is CN1C(=O)CN(CCC(=O)O)C(=O)c2cc(NC(=O)c3cnnc4ccccc34)ccc21. The zero-order valence-corrected chi connectivity index (χ0v) is 17.1. The monoisotopic (exact) mass is 433 g/mol. The van der Waals surface area contributed by atoms with E-state index in [9.17, 15) is 19.2 Å². The molecule has 1 aromatic heterocycles. The molecule has 0 spiro atoms. The molecule has 0 bridgehead atoms. The quantitative estimate of drug-likeness (QED) is 0.627. The number of carbonyl (C=O) groups excluding carboxylic acids is 3. The standard InChI is InChI=1S/C22H19N5O5/c1-26-18-7-6-13(10-15(18)22(32)27(12-19(26)28)9-8-20(29)30)24-21(31)16-11-23-25-17-5-3-2-4-14(16)17/h2-7,10-11H,8-9,12H2,1H3,(H,24,31)(H,29,30). The summed E-state index contributed by atoms with van der Waals surface area (Å²) in [6.45, 7) is -0.327. The number of nitrogens with zero attached hydrogens (tertiary/aromatic N) is 4. The van der Waals surface area contributed by atoms with E-state index in [0.29, 0.717) is 27.8 Å². The lowest BCUT2D eigenvalue weighted by Gasteiger charge is -2.19. The summed E-state index contributed by atoms with van der Waals surface area (Å²) < 4.78 is 0. The molecule has 0 fully saturated rings. The Morgan fingerprint density at radius 1 is 1.16 bits per heavy atom. The van der Waals surface area contributed by atoms with Crippen molar-refractivity contribution in [1.82, 2.24) is 15.1 Å². The van der Waals surface area contributed by atoms with E-state index in [0.717, 1.165) is 0 Å². The highest BCUT2D eigenvalue weighted by atomic mass is 16.4. The van der Waals surface area contributed by atoms with Crippen LogP contribution in [0.2, 0.25) is 0 Å². The largest absolute Gasteiger partial charge is 0.481 e. The first-order valence-corrected chi connectivity index (χ1v) is 9.78. The normalized spacial score (nSPS) is 13.7. The third-order valence-electron chi connectivity index (χ3n) is 5.22. The molecular formula is C22H19N5O5. The van der Waals surface area contributed by atoms with Crippen LogP contribution in [0.5, 0.6) is 0 Å². The second-order valence-corrected chi connectivity index (χ2v) is 7.28. The van der Waals surface area contributed by atoms with Gasteiger partial charge in [0.25, 0.3) is 11.8 Å². The lowest BCUT2D eigenvalue weighted by atomic mass is 10.1. The van der Waals surface area contributed by atoms with E-state index in [1.54, 1.807) is 43.4 Å². The second-order valence-electron chi connectivity index (χ2n) is 7.28. The smallest absolute Gasteiger partial charge is 0.305 e. The van der Waals surface area contributed by atoms with Crippen molar-refractivity contribution in [1.29, 1.82) is 0 Å². The number of carboxylic acids is 1. The third-order valence-corrected chi connectivity index (χ3v) is 5.22. The Morgan fingerprint density at radius 3 is 2.72 bits per heavy atom. The second kappa shape index (κ2) is 8.42. The maximum Gasteiger partial charge on any atom is 0.305 e. The molecule has 10 nitrogen and oxygen atoms in total. The van der Waals surface area contributed by atoms with E-state index < -0.39 is 17.8 Å². The topological polar surface area (TPSA) is 133 Å². The first-order valence-electron chi connectivity index (χ1n) is 9.78. The number of hydrogen-bond acceptors (Lipinski definition) is 6. The Labute approximate surface area is 182 Å². The van der Waals surface area contributed by atoms with Gasteiger partial charge in [-0.15, -0.1) is 0 Å². The van der Waals surface area contributed by atoms with Crippen molar-refractivity contribution in [3.05, 3.63) is 59.8 Å². The Morgan fingerprint density at radius 2 is 1.94 bits per heavy atom. The average Bonchev–Trinajstić information content (AvgIpc) is 2.87. The van der Waals surface area contributed by atoms with Crippen LogP contribution in [0.25, 0.3) is 10.9 Å². The Balaban J connectivity index is 1.65. The van der Waals surface area contributed by atoms with Gasteiger partial charge in [0.15, 0.2) is 0 Å². The van der Waals surface area contributed by atoms with Gasteiger partial charge in [0.05, 0.1) is 34.9 Å².